The summed E-state index contributed by atoms with van der Waals surface area (Å²) >= 11 is 0. The van der Waals surface area contributed by atoms with E-state index in [2.05, 4.69) is 0 Å². The molecule has 0 saturated carbocycles. The van der Waals surface area contributed by atoms with E-state index in [9.17, 15) is 19.5 Å². The van der Waals surface area contributed by atoms with Crippen LogP contribution in [0, 0.1) is 6.92 Å². The van der Waals surface area contributed by atoms with Gasteiger partial charge in [0, 0.05) is 5.69 Å². The Morgan fingerprint density at radius 3 is 2.14 bits per heavy atom. The second-order valence-corrected chi connectivity index (χ2v) is 8.18. The number of carbonyl (C=O) groups excluding carboxylic acids is 3. The number of esters is 1. The molecule has 1 amide bonds. The van der Waals surface area contributed by atoms with Crippen LogP contribution in [0.4, 0.5) is 5.69 Å². The number of hydrogen-bond donors (Lipinski definition) is 1. The summed E-state index contributed by atoms with van der Waals surface area (Å²) in [4.78, 5) is 39.9. The van der Waals surface area contributed by atoms with Gasteiger partial charge in [0.1, 0.15) is 17.3 Å². The maximum Gasteiger partial charge on any atom is 0.337 e. The van der Waals surface area contributed by atoms with Crippen molar-refractivity contribution in [3.8, 4) is 11.5 Å². The average Bonchev–Trinajstić information content (AvgIpc) is 3.17. The van der Waals surface area contributed by atoms with E-state index in [1.165, 1.54) is 38.4 Å². The van der Waals surface area contributed by atoms with Crippen molar-refractivity contribution >= 4 is 29.1 Å². The van der Waals surface area contributed by atoms with Gasteiger partial charge in [-0.15, -0.1) is 0 Å². The quantitative estimate of drug-likeness (QED) is 0.238. The van der Waals surface area contributed by atoms with Gasteiger partial charge in [0.2, 0.25) is 0 Å². The number of carbonyl (C=O) groups is 3. The Balaban J connectivity index is 1.93. The van der Waals surface area contributed by atoms with Crippen molar-refractivity contribution in [3.63, 3.8) is 0 Å². The van der Waals surface area contributed by atoms with Crippen molar-refractivity contribution in [1.82, 2.24) is 0 Å². The summed E-state index contributed by atoms with van der Waals surface area (Å²) in [5.74, 6) is -1.56. The van der Waals surface area contributed by atoms with Gasteiger partial charge in [0.15, 0.2) is 0 Å². The molecule has 1 aliphatic rings. The van der Waals surface area contributed by atoms with Crippen molar-refractivity contribution < 1.29 is 33.7 Å². The third-order valence-corrected chi connectivity index (χ3v) is 6.05. The van der Waals surface area contributed by atoms with Crippen LogP contribution in [-0.2, 0) is 14.3 Å². The Labute approximate surface area is 208 Å². The zero-order valence-corrected chi connectivity index (χ0v) is 20.3. The smallest absolute Gasteiger partial charge is 0.337 e. The predicted octanol–water partition coefficient (Wildman–Crippen LogP) is 4.43. The second-order valence-electron chi connectivity index (χ2n) is 8.18. The van der Waals surface area contributed by atoms with E-state index in [1.54, 1.807) is 48.5 Å². The minimum atomic E-state index is -0.940. The number of aliphatic hydroxyl groups is 1. The zero-order valence-electron chi connectivity index (χ0n) is 20.3. The fraction of sp³-hybridized carbons (Fsp3) is 0.179. The summed E-state index contributed by atoms with van der Waals surface area (Å²) in [6.45, 7) is 1.85. The molecule has 3 aromatic carbocycles. The molecular formula is C28H25NO7. The first-order valence-electron chi connectivity index (χ1n) is 11.1. The lowest BCUT2D eigenvalue weighted by molar-refractivity contribution is -0.132. The van der Waals surface area contributed by atoms with Crippen LogP contribution in [0.2, 0.25) is 0 Å². The number of Topliss-reactive ketones (excluding diaryl/α,β-unsaturated/α-hetero) is 1. The lowest BCUT2D eigenvalue weighted by Crippen LogP contribution is -2.29. The summed E-state index contributed by atoms with van der Waals surface area (Å²) in [6.07, 6.45) is 0. The van der Waals surface area contributed by atoms with Crippen LogP contribution in [-0.4, -0.2) is 44.1 Å². The van der Waals surface area contributed by atoms with Crippen molar-refractivity contribution in [2.45, 2.75) is 13.0 Å². The summed E-state index contributed by atoms with van der Waals surface area (Å²) in [6, 6.07) is 17.3. The molecular weight excluding hydrogens is 462 g/mol. The van der Waals surface area contributed by atoms with Gasteiger partial charge >= 0.3 is 5.97 Å². The minimum Gasteiger partial charge on any atom is -0.507 e. The number of aryl methyl sites for hydroxylation is 1. The van der Waals surface area contributed by atoms with Crippen LogP contribution in [0.1, 0.15) is 33.1 Å². The van der Waals surface area contributed by atoms with Crippen molar-refractivity contribution in [2.24, 2.45) is 0 Å². The summed E-state index contributed by atoms with van der Waals surface area (Å²) in [5, 5.41) is 11.4. The number of ether oxygens (including phenoxy) is 3. The number of anilines is 1. The van der Waals surface area contributed by atoms with Crippen LogP contribution in [0.25, 0.3) is 5.76 Å². The van der Waals surface area contributed by atoms with Gasteiger partial charge in [-0.05, 0) is 61.0 Å². The highest BCUT2D eigenvalue weighted by atomic mass is 16.5. The topological polar surface area (TPSA) is 102 Å². The molecule has 0 bridgehead atoms. The van der Waals surface area contributed by atoms with E-state index in [1.807, 2.05) is 13.0 Å². The Kier molecular flexibility index (Phi) is 6.78. The highest BCUT2D eigenvalue weighted by Gasteiger charge is 2.47. The molecule has 1 N–H and O–H groups in total. The largest absolute Gasteiger partial charge is 0.507 e. The molecule has 3 aromatic rings. The van der Waals surface area contributed by atoms with Gasteiger partial charge in [0.25, 0.3) is 11.7 Å². The number of hydrogen-bond acceptors (Lipinski definition) is 7. The number of benzene rings is 3. The van der Waals surface area contributed by atoms with Crippen LogP contribution >= 0.6 is 0 Å². The lowest BCUT2D eigenvalue weighted by Gasteiger charge is -2.26. The van der Waals surface area contributed by atoms with E-state index in [0.717, 1.165) is 5.56 Å². The standard InChI is InChI=1S/C28H25NO7/c1-16-5-14-22(35-3)21(15-16)25(30)23-24(17-8-12-20(34-2)13-9-17)29(27(32)26(23)31)19-10-6-18(7-11-19)28(33)36-4/h5-15,24,30H,1-4H3/b25-23+. The van der Waals surface area contributed by atoms with E-state index in [-0.39, 0.29) is 11.3 Å². The second kappa shape index (κ2) is 9.95. The Bertz CT molecular complexity index is 1360. The third kappa shape index (κ3) is 4.29. The first-order valence-corrected chi connectivity index (χ1v) is 11.1. The number of amides is 1. The summed E-state index contributed by atoms with van der Waals surface area (Å²) in [7, 11) is 4.27. The number of rotatable bonds is 6. The average molecular weight is 488 g/mol. The van der Waals surface area contributed by atoms with Crippen LogP contribution in [0.3, 0.4) is 0 Å². The zero-order chi connectivity index (χ0) is 26.0. The monoisotopic (exact) mass is 487 g/mol. The molecule has 36 heavy (non-hydrogen) atoms. The first kappa shape index (κ1) is 24.5. The molecule has 1 atom stereocenters. The highest BCUT2D eigenvalue weighted by Crippen LogP contribution is 2.43. The van der Waals surface area contributed by atoms with Gasteiger partial charge in [-0.3, -0.25) is 14.5 Å². The van der Waals surface area contributed by atoms with Crippen molar-refractivity contribution in [3.05, 3.63) is 94.6 Å². The van der Waals surface area contributed by atoms with Crippen LogP contribution in [0.5, 0.6) is 11.5 Å². The SMILES string of the molecule is COC(=O)c1ccc(N2C(=O)C(=O)/C(=C(/O)c3cc(C)ccc3OC)C2c2ccc(OC)cc2)cc1. The molecule has 0 aliphatic carbocycles. The minimum absolute atomic E-state index is 0.0777. The third-order valence-electron chi connectivity index (χ3n) is 6.05. The van der Waals surface area contributed by atoms with Gasteiger partial charge < -0.3 is 19.3 Å². The van der Waals surface area contributed by atoms with Gasteiger partial charge in [-0.1, -0.05) is 23.8 Å². The fourth-order valence-electron chi connectivity index (χ4n) is 4.23. The molecule has 1 unspecified atom stereocenters. The van der Waals surface area contributed by atoms with E-state index < -0.39 is 23.7 Å². The molecule has 8 nitrogen and oxygen atoms in total. The molecule has 1 heterocycles. The Morgan fingerprint density at radius 1 is 0.889 bits per heavy atom. The number of methoxy groups -OCH3 is 3. The summed E-state index contributed by atoms with van der Waals surface area (Å²) < 4.78 is 15.4. The van der Waals surface area contributed by atoms with Crippen LogP contribution < -0.4 is 14.4 Å². The molecule has 1 fully saturated rings. The predicted molar refractivity (Wildman–Crippen MR) is 133 cm³/mol. The first-order chi connectivity index (χ1) is 17.3. The number of ketones is 1. The van der Waals surface area contributed by atoms with Gasteiger partial charge in [-0.2, -0.15) is 0 Å². The summed E-state index contributed by atoms with van der Waals surface area (Å²) in [5.41, 5.74) is 2.32. The molecule has 1 aliphatic heterocycles. The lowest BCUT2D eigenvalue weighted by atomic mass is 9.94. The van der Waals surface area contributed by atoms with Gasteiger partial charge in [-0.25, -0.2) is 4.79 Å². The van der Waals surface area contributed by atoms with Crippen molar-refractivity contribution in [1.29, 1.82) is 0 Å². The molecule has 184 valence electrons. The van der Waals surface area contributed by atoms with Gasteiger partial charge in [0.05, 0.1) is 44.1 Å². The highest BCUT2D eigenvalue weighted by molar-refractivity contribution is 6.51. The normalized spacial score (nSPS) is 16.7. The molecule has 0 spiro atoms. The van der Waals surface area contributed by atoms with Crippen molar-refractivity contribution in [2.75, 3.05) is 26.2 Å². The van der Waals surface area contributed by atoms with E-state index in [4.69, 9.17) is 14.2 Å². The van der Waals surface area contributed by atoms with E-state index >= 15 is 0 Å². The maximum absolute atomic E-state index is 13.4. The van der Waals surface area contributed by atoms with Crippen LogP contribution in [0.15, 0.2) is 72.3 Å². The molecule has 0 radical (unpaired) electrons. The Hall–Kier alpha value is -4.59. The van der Waals surface area contributed by atoms with E-state index in [0.29, 0.717) is 33.9 Å². The molecule has 0 aromatic heterocycles. The maximum atomic E-state index is 13.4. The molecule has 4 rings (SSSR count). The number of nitrogens with zero attached hydrogens (tertiary/aromatic N) is 1. The Morgan fingerprint density at radius 2 is 1.56 bits per heavy atom. The fourth-order valence-corrected chi connectivity index (χ4v) is 4.23. The number of aliphatic hydroxyl groups excluding tert-OH is 1. The molecule has 8 heteroatoms. The molecule has 1 saturated heterocycles.